The molecule has 6 nitrogen and oxygen atoms in total. The summed E-state index contributed by atoms with van der Waals surface area (Å²) in [4.78, 5) is 7.16. The molecule has 0 unspecified atom stereocenters. The van der Waals surface area contributed by atoms with Crippen LogP contribution in [0.5, 0.6) is 5.75 Å². The fourth-order valence-electron chi connectivity index (χ4n) is 3.66. The molecule has 1 aromatic carbocycles. The van der Waals surface area contributed by atoms with E-state index in [0.717, 1.165) is 48.9 Å². The number of guanidine groups is 1. The van der Waals surface area contributed by atoms with Gasteiger partial charge in [0.25, 0.3) is 0 Å². The molecule has 0 aliphatic carbocycles. The monoisotopic (exact) mass is 408 g/mol. The molecule has 164 valence electrons. The van der Waals surface area contributed by atoms with Crippen molar-refractivity contribution in [2.24, 2.45) is 4.99 Å². The molecular weight excluding hydrogens is 371 g/mol. The first-order valence-electron chi connectivity index (χ1n) is 10.7. The Morgan fingerprint density at radius 3 is 2.66 bits per heavy atom. The van der Waals surface area contributed by atoms with Crippen molar-refractivity contribution in [3.8, 4) is 5.75 Å². The van der Waals surface area contributed by atoms with Gasteiger partial charge in [0.2, 0.25) is 0 Å². The maximum absolute atomic E-state index is 13.9. The molecule has 29 heavy (non-hydrogen) atoms. The number of halogens is 1. The lowest BCUT2D eigenvalue weighted by molar-refractivity contribution is -0.0172. The minimum absolute atomic E-state index is 0.215. The number of hydrogen-bond acceptors (Lipinski definition) is 4. The Hall–Kier alpha value is -1.86. The average Bonchev–Trinajstić information content (AvgIpc) is 2.66. The zero-order valence-electron chi connectivity index (χ0n) is 18.6. The lowest BCUT2D eigenvalue weighted by atomic mass is 10.1. The first-order valence-corrected chi connectivity index (χ1v) is 10.7. The van der Waals surface area contributed by atoms with Crippen molar-refractivity contribution in [1.82, 2.24) is 15.5 Å². The molecule has 0 spiro atoms. The third-order valence-corrected chi connectivity index (χ3v) is 4.95. The van der Waals surface area contributed by atoms with E-state index in [1.807, 2.05) is 6.92 Å². The topological polar surface area (TPSA) is 58.1 Å². The number of nitrogens with one attached hydrogen (secondary N) is 2. The smallest absolute Gasteiger partial charge is 0.191 e. The van der Waals surface area contributed by atoms with Crippen LogP contribution in [0.4, 0.5) is 4.39 Å². The highest BCUT2D eigenvalue weighted by Crippen LogP contribution is 2.29. The van der Waals surface area contributed by atoms with Crippen LogP contribution in [0.1, 0.15) is 52.2 Å². The number of benzene rings is 1. The molecule has 0 saturated heterocycles. The Labute approximate surface area is 174 Å². The molecule has 0 saturated carbocycles. The van der Waals surface area contributed by atoms with E-state index in [2.05, 4.69) is 48.2 Å². The Morgan fingerprint density at radius 2 is 1.97 bits per heavy atom. The zero-order valence-corrected chi connectivity index (χ0v) is 18.6. The highest BCUT2D eigenvalue weighted by Gasteiger charge is 2.17. The van der Waals surface area contributed by atoms with Gasteiger partial charge >= 0.3 is 0 Å². The van der Waals surface area contributed by atoms with Gasteiger partial charge in [-0.05, 0) is 65.2 Å². The number of hydrogen-bond donors (Lipinski definition) is 2. The molecule has 0 fully saturated rings. The molecular formula is C22H37FN4O2. The first kappa shape index (κ1) is 23.4. The van der Waals surface area contributed by atoms with Crippen LogP contribution in [-0.2, 0) is 17.8 Å². The minimum atomic E-state index is -0.256. The summed E-state index contributed by atoms with van der Waals surface area (Å²) < 4.78 is 24.7. The second-order valence-corrected chi connectivity index (χ2v) is 7.88. The van der Waals surface area contributed by atoms with Crippen molar-refractivity contribution in [2.45, 2.75) is 66.2 Å². The average molecular weight is 409 g/mol. The quantitative estimate of drug-likeness (QED) is 0.353. The van der Waals surface area contributed by atoms with Gasteiger partial charge in [0.05, 0.1) is 6.61 Å². The lowest BCUT2D eigenvalue weighted by Gasteiger charge is -2.30. The molecule has 7 heteroatoms. The van der Waals surface area contributed by atoms with E-state index in [0.29, 0.717) is 31.7 Å². The summed E-state index contributed by atoms with van der Waals surface area (Å²) in [6, 6.07) is 4.10. The number of rotatable bonds is 10. The maximum Gasteiger partial charge on any atom is 0.191 e. The predicted octanol–water partition coefficient (Wildman–Crippen LogP) is 3.30. The molecule has 1 aliphatic rings. The Balaban J connectivity index is 1.86. The van der Waals surface area contributed by atoms with Crippen molar-refractivity contribution in [3.63, 3.8) is 0 Å². The fraction of sp³-hybridized carbons (Fsp3) is 0.682. The van der Waals surface area contributed by atoms with E-state index in [9.17, 15) is 4.39 Å². The van der Waals surface area contributed by atoms with Crippen molar-refractivity contribution < 1.29 is 13.9 Å². The minimum Gasteiger partial charge on any atom is -0.467 e. The molecule has 0 bridgehead atoms. The van der Waals surface area contributed by atoms with Crippen LogP contribution in [0.2, 0.25) is 0 Å². The highest BCUT2D eigenvalue weighted by molar-refractivity contribution is 5.79. The van der Waals surface area contributed by atoms with E-state index < -0.39 is 0 Å². The third-order valence-electron chi connectivity index (χ3n) is 4.95. The summed E-state index contributed by atoms with van der Waals surface area (Å²) in [5.41, 5.74) is 1.63. The summed E-state index contributed by atoms with van der Waals surface area (Å²) in [7, 11) is 0. The molecule has 1 aliphatic heterocycles. The van der Waals surface area contributed by atoms with E-state index >= 15 is 0 Å². The van der Waals surface area contributed by atoms with Crippen LogP contribution in [0.15, 0.2) is 17.1 Å². The molecule has 0 radical (unpaired) electrons. The number of aliphatic imine (C=N–C) groups is 1. The lowest BCUT2D eigenvalue weighted by Crippen LogP contribution is -2.39. The van der Waals surface area contributed by atoms with E-state index in [-0.39, 0.29) is 12.6 Å². The summed E-state index contributed by atoms with van der Waals surface area (Å²) in [5, 5.41) is 6.62. The summed E-state index contributed by atoms with van der Waals surface area (Å²) in [6.07, 6.45) is 1.66. The van der Waals surface area contributed by atoms with Crippen LogP contribution in [0.3, 0.4) is 0 Å². The van der Waals surface area contributed by atoms with Gasteiger partial charge in [-0.1, -0.05) is 0 Å². The van der Waals surface area contributed by atoms with Gasteiger partial charge in [-0.15, -0.1) is 0 Å². The normalized spacial score (nSPS) is 14.3. The van der Waals surface area contributed by atoms with Crippen LogP contribution < -0.4 is 15.4 Å². The molecule has 0 amide bonds. The van der Waals surface area contributed by atoms with Gasteiger partial charge in [-0.3, -0.25) is 9.89 Å². The SMILES string of the molecule is CCNC(=NCCCN(C(C)C)C(C)C)NCCc1cc(F)cc2c1OCOC2. The Kier molecular flexibility index (Phi) is 9.67. The van der Waals surface area contributed by atoms with E-state index in [1.54, 1.807) is 6.07 Å². The van der Waals surface area contributed by atoms with Crippen molar-refractivity contribution >= 4 is 5.96 Å². The summed E-state index contributed by atoms with van der Waals surface area (Å²) >= 11 is 0. The van der Waals surface area contributed by atoms with Gasteiger partial charge in [0.1, 0.15) is 11.6 Å². The second kappa shape index (κ2) is 12.0. The molecule has 1 aromatic rings. The van der Waals surface area contributed by atoms with Crippen LogP contribution >= 0.6 is 0 Å². The second-order valence-electron chi connectivity index (χ2n) is 7.88. The molecule has 0 aromatic heterocycles. The van der Waals surface area contributed by atoms with Crippen LogP contribution in [-0.4, -0.2) is 55.9 Å². The van der Waals surface area contributed by atoms with Crippen LogP contribution in [0.25, 0.3) is 0 Å². The van der Waals surface area contributed by atoms with Crippen molar-refractivity contribution in [2.75, 3.05) is 33.0 Å². The van der Waals surface area contributed by atoms with Gasteiger partial charge in [-0.25, -0.2) is 4.39 Å². The van der Waals surface area contributed by atoms with Crippen LogP contribution in [0, 0.1) is 5.82 Å². The molecule has 2 N–H and O–H groups in total. The first-order chi connectivity index (χ1) is 13.9. The Morgan fingerprint density at radius 1 is 1.21 bits per heavy atom. The van der Waals surface area contributed by atoms with Crippen molar-refractivity contribution in [1.29, 1.82) is 0 Å². The van der Waals surface area contributed by atoms with E-state index in [4.69, 9.17) is 9.47 Å². The van der Waals surface area contributed by atoms with Gasteiger partial charge < -0.3 is 20.1 Å². The highest BCUT2D eigenvalue weighted by atomic mass is 19.1. The largest absolute Gasteiger partial charge is 0.467 e. The number of fused-ring (bicyclic) bond motifs is 1. The van der Waals surface area contributed by atoms with Gasteiger partial charge in [0.15, 0.2) is 12.8 Å². The Bertz CT molecular complexity index is 656. The number of ether oxygens (including phenoxy) is 2. The predicted molar refractivity (Wildman–Crippen MR) is 116 cm³/mol. The fourth-order valence-corrected chi connectivity index (χ4v) is 3.66. The number of nitrogens with zero attached hydrogens (tertiary/aromatic N) is 2. The maximum atomic E-state index is 13.9. The van der Waals surface area contributed by atoms with Gasteiger partial charge in [0, 0.05) is 43.8 Å². The van der Waals surface area contributed by atoms with E-state index in [1.165, 1.54) is 6.07 Å². The van der Waals surface area contributed by atoms with Crippen molar-refractivity contribution in [3.05, 3.63) is 29.1 Å². The summed E-state index contributed by atoms with van der Waals surface area (Å²) in [6.45, 7) is 14.8. The third kappa shape index (κ3) is 7.48. The summed E-state index contributed by atoms with van der Waals surface area (Å²) in [5.74, 6) is 1.29. The standard InChI is InChI=1S/C22H37FN4O2/c1-6-24-22(25-9-7-11-27(16(2)3)17(4)5)26-10-8-18-12-20(23)13-19-14-28-15-29-21(18)19/h12-13,16-17H,6-11,14-15H2,1-5H3,(H2,24,25,26). The molecule has 2 rings (SSSR count). The molecule has 1 heterocycles. The zero-order chi connectivity index (χ0) is 21.2. The van der Waals surface area contributed by atoms with Gasteiger partial charge in [-0.2, -0.15) is 0 Å². The molecule has 0 atom stereocenters.